The highest BCUT2D eigenvalue weighted by molar-refractivity contribution is 7.99. The number of rotatable bonds is 8. The topological polar surface area (TPSA) is 78.3 Å². The minimum Gasteiger partial charge on any atom is -0.497 e. The van der Waals surface area contributed by atoms with Gasteiger partial charge in [0.25, 0.3) is 0 Å². The third-order valence-corrected chi connectivity index (χ3v) is 5.35. The second kappa shape index (κ2) is 9.47. The lowest BCUT2D eigenvalue weighted by Gasteiger charge is -2.10. The largest absolute Gasteiger partial charge is 0.497 e. The minimum absolute atomic E-state index is 0.145. The second-order valence-electron chi connectivity index (χ2n) is 6.30. The van der Waals surface area contributed by atoms with Crippen LogP contribution in [0.4, 0.5) is 5.69 Å². The van der Waals surface area contributed by atoms with Crippen LogP contribution in [0.5, 0.6) is 11.5 Å². The van der Waals surface area contributed by atoms with Crippen molar-refractivity contribution < 1.29 is 14.3 Å². The van der Waals surface area contributed by atoms with Crippen molar-refractivity contribution in [2.24, 2.45) is 0 Å². The van der Waals surface area contributed by atoms with Gasteiger partial charge in [0.05, 0.1) is 20.0 Å². The summed E-state index contributed by atoms with van der Waals surface area (Å²) >= 11 is 1.36. The zero-order valence-electron chi connectivity index (χ0n) is 16.9. The fraction of sp³-hybridized carbons (Fsp3) is 0.286. The highest BCUT2D eigenvalue weighted by Gasteiger charge is 2.16. The van der Waals surface area contributed by atoms with Gasteiger partial charge in [-0.15, -0.1) is 10.2 Å². The molecule has 2 aromatic carbocycles. The van der Waals surface area contributed by atoms with Crippen LogP contribution in [-0.2, 0) is 11.3 Å². The van der Waals surface area contributed by atoms with Gasteiger partial charge in [0.1, 0.15) is 11.5 Å². The molecule has 1 aromatic heterocycles. The molecule has 0 atom stereocenters. The predicted octanol–water partition coefficient (Wildman–Crippen LogP) is 4.02. The zero-order chi connectivity index (χ0) is 20.8. The van der Waals surface area contributed by atoms with Gasteiger partial charge in [-0.25, -0.2) is 0 Å². The molecule has 1 N–H and O–H groups in total. The Morgan fingerprint density at radius 3 is 2.41 bits per heavy atom. The van der Waals surface area contributed by atoms with Crippen LogP contribution in [-0.4, -0.2) is 40.6 Å². The summed E-state index contributed by atoms with van der Waals surface area (Å²) < 4.78 is 12.5. The molecule has 0 saturated carbocycles. The van der Waals surface area contributed by atoms with Gasteiger partial charge in [0, 0.05) is 36.0 Å². The van der Waals surface area contributed by atoms with Crippen molar-refractivity contribution >= 4 is 23.4 Å². The van der Waals surface area contributed by atoms with Crippen molar-refractivity contribution in [3.63, 3.8) is 0 Å². The molecule has 0 fully saturated rings. The summed E-state index contributed by atoms with van der Waals surface area (Å²) in [5.74, 6) is 2.10. The SMILES string of the molecule is CCn1c(SCC(=O)Nc2cc(OC)cc(OC)c2)nnc1-c1ccccc1C. The Morgan fingerprint density at radius 2 is 1.79 bits per heavy atom. The van der Waals surface area contributed by atoms with Gasteiger partial charge in [0.2, 0.25) is 5.91 Å². The number of nitrogens with one attached hydrogen (secondary N) is 1. The van der Waals surface area contributed by atoms with Crippen LogP contribution in [0.3, 0.4) is 0 Å². The third kappa shape index (κ3) is 4.89. The highest BCUT2D eigenvalue weighted by atomic mass is 32.2. The Morgan fingerprint density at radius 1 is 1.10 bits per heavy atom. The number of ether oxygens (including phenoxy) is 2. The summed E-state index contributed by atoms with van der Waals surface area (Å²) in [7, 11) is 3.14. The van der Waals surface area contributed by atoms with E-state index in [0.717, 1.165) is 17.0 Å². The number of amides is 1. The Balaban J connectivity index is 1.70. The van der Waals surface area contributed by atoms with E-state index in [0.29, 0.717) is 28.9 Å². The van der Waals surface area contributed by atoms with Gasteiger partial charge in [-0.1, -0.05) is 36.0 Å². The van der Waals surface area contributed by atoms with Crippen molar-refractivity contribution in [2.75, 3.05) is 25.3 Å². The first-order valence-corrected chi connectivity index (χ1v) is 10.2. The second-order valence-corrected chi connectivity index (χ2v) is 7.25. The molecule has 0 bridgehead atoms. The molecule has 0 aliphatic carbocycles. The van der Waals surface area contributed by atoms with Gasteiger partial charge in [-0.05, 0) is 19.4 Å². The molecule has 0 unspecified atom stereocenters. The van der Waals surface area contributed by atoms with Gasteiger partial charge in [-0.3, -0.25) is 4.79 Å². The molecule has 0 spiro atoms. The maximum atomic E-state index is 12.4. The fourth-order valence-electron chi connectivity index (χ4n) is 2.91. The molecule has 0 aliphatic heterocycles. The molecule has 7 nitrogen and oxygen atoms in total. The number of methoxy groups -OCH3 is 2. The number of hydrogen-bond donors (Lipinski definition) is 1. The number of thioether (sulfide) groups is 1. The molecule has 8 heteroatoms. The van der Waals surface area contributed by atoms with E-state index in [1.807, 2.05) is 42.7 Å². The summed E-state index contributed by atoms with van der Waals surface area (Å²) in [6.07, 6.45) is 0. The lowest BCUT2D eigenvalue weighted by molar-refractivity contribution is -0.113. The Kier molecular flexibility index (Phi) is 6.77. The summed E-state index contributed by atoms with van der Waals surface area (Å²) in [5.41, 5.74) is 2.79. The molecular formula is C21H24N4O3S. The molecule has 152 valence electrons. The van der Waals surface area contributed by atoms with Gasteiger partial charge in [-0.2, -0.15) is 0 Å². The van der Waals surface area contributed by atoms with Gasteiger partial charge >= 0.3 is 0 Å². The van der Waals surface area contributed by atoms with E-state index in [1.165, 1.54) is 11.8 Å². The smallest absolute Gasteiger partial charge is 0.234 e. The standard InChI is InChI=1S/C21H24N4O3S/c1-5-25-20(18-9-7-6-8-14(18)2)23-24-21(25)29-13-19(26)22-15-10-16(27-3)12-17(11-15)28-4/h6-12H,5,13H2,1-4H3,(H,22,26). The molecule has 3 rings (SSSR count). The van der Waals surface area contributed by atoms with Crippen molar-refractivity contribution in [1.29, 1.82) is 0 Å². The zero-order valence-corrected chi connectivity index (χ0v) is 17.7. The fourth-order valence-corrected chi connectivity index (χ4v) is 3.71. The number of aryl methyl sites for hydroxylation is 1. The first-order chi connectivity index (χ1) is 14.0. The van der Waals surface area contributed by atoms with E-state index in [2.05, 4.69) is 15.5 Å². The molecule has 29 heavy (non-hydrogen) atoms. The van der Waals surface area contributed by atoms with Crippen molar-refractivity contribution in [2.45, 2.75) is 25.5 Å². The maximum absolute atomic E-state index is 12.4. The van der Waals surface area contributed by atoms with E-state index >= 15 is 0 Å². The Bertz CT molecular complexity index is 981. The Labute approximate surface area is 174 Å². The van der Waals surface area contributed by atoms with Crippen LogP contribution in [0.2, 0.25) is 0 Å². The van der Waals surface area contributed by atoms with Crippen LogP contribution < -0.4 is 14.8 Å². The van der Waals surface area contributed by atoms with Crippen LogP contribution >= 0.6 is 11.8 Å². The Hall–Kier alpha value is -3.00. The van der Waals surface area contributed by atoms with Crippen LogP contribution in [0, 0.1) is 6.92 Å². The first kappa shape index (κ1) is 20.7. The summed E-state index contributed by atoms with van der Waals surface area (Å²) in [4.78, 5) is 12.4. The number of anilines is 1. The van der Waals surface area contributed by atoms with Gasteiger partial charge < -0.3 is 19.4 Å². The minimum atomic E-state index is -0.145. The van der Waals surface area contributed by atoms with Crippen LogP contribution in [0.25, 0.3) is 11.4 Å². The maximum Gasteiger partial charge on any atom is 0.234 e. The van der Waals surface area contributed by atoms with E-state index in [9.17, 15) is 4.79 Å². The predicted molar refractivity (Wildman–Crippen MR) is 115 cm³/mol. The van der Waals surface area contributed by atoms with E-state index in [-0.39, 0.29) is 11.7 Å². The number of nitrogens with zero attached hydrogens (tertiary/aromatic N) is 3. The summed E-state index contributed by atoms with van der Waals surface area (Å²) in [6, 6.07) is 13.3. The van der Waals surface area contributed by atoms with Crippen molar-refractivity contribution in [3.8, 4) is 22.9 Å². The third-order valence-electron chi connectivity index (χ3n) is 4.39. The van der Waals surface area contributed by atoms with E-state index < -0.39 is 0 Å². The normalized spacial score (nSPS) is 10.6. The summed E-state index contributed by atoms with van der Waals surface area (Å²) in [5, 5.41) is 12.2. The molecule has 0 radical (unpaired) electrons. The van der Waals surface area contributed by atoms with Crippen molar-refractivity contribution in [1.82, 2.24) is 14.8 Å². The first-order valence-electron chi connectivity index (χ1n) is 9.20. The number of carbonyl (C=O) groups is 1. The monoisotopic (exact) mass is 412 g/mol. The molecule has 1 heterocycles. The average Bonchev–Trinajstić information content (AvgIpc) is 3.14. The molecule has 0 saturated heterocycles. The summed E-state index contributed by atoms with van der Waals surface area (Å²) in [6.45, 7) is 4.80. The lowest BCUT2D eigenvalue weighted by atomic mass is 10.1. The molecular weight excluding hydrogens is 388 g/mol. The number of hydrogen-bond acceptors (Lipinski definition) is 6. The highest BCUT2D eigenvalue weighted by Crippen LogP contribution is 2.28. The number of carbonyl (C=O) groups excluding carboxylic acids is 1. The number of aromatic nitrogens is 3. The van der Waals surface area contributed by atoms with Crippen LogP contribution in [0.1, 0.15) is 12.5 Å². The van der Waals surface area contributed by atoms with Crippen LogP contribution in [0.15, 0.2) is 47.6 Å². The average molecular weight is 413 g/mol. The van der Waals surface area contributed by atoms with Gasteiger partial charge in [0.15, 0.2) is 11.0 Å². The van der Waals surface area contributed by atoms with E-state index in [1.54, 1.807) is 32.4 Å². The number of benzene rings is 2. The van der Waals surface area contributed by atoms with E-state index in [4.69, 9.17) is 9.47 Å². The van der Waals surface area contributed by atoms with Crippen molar-refractivity contribution in [3.05, 3.63) is 48.0 Å². The molecule has 3 aromatic rings. The lowest BCUT2D eigenvalue weighted by Crippen LogP contribution is -2.14. The quantitative estimate of drug-likeness (QED) is 0.563. The molecule has 0 aliphatic rings. The molecule has 1 amide bonds.